The van der Waals surface area contributed by atoms with Gasteiger partial charge in [0.15, 0.2) is 0 Å². The van der Waals surface area contributed by atoms with Crippen LogP contribution in [0.25, 0.3) is 0 Å². The Labute approximate surface area is 99.8 Å². The van der Waals surface area contributed by atoms with Crippen LogP contribution in [0.5, 0.6) is 0 Å². The number of quaternary nitrogens is 1. The zero-order valence-corrected chi connectivity index (χ0v) is 9.75. The van der Waals surface area contributed by atoms with E-state index in [0.717, 1.165) is 5.56 Å². The summed E-state index contributed by atoms with van der Waals surface area (Å²) >= 11 is 0. The largest absolute Gasteiger partial charge is 0.464 e. The molecule has 1 unspecified atom stereocenters. The molecule has 0 amide bonds. The van der Waals surface area contributed by atoms with Gasteiger partial charge in [-0.1, -0.05) is 30.3 Å². The summed E-state index contributed by atoms with van der Waals surface area (Å²) in [5.74, 6) is -0.304. The summed E-state index contributed by atoms with van der Waals surface area (Å²) in [6, 6.07) is 8.93. The predicted molar refractivity (Wildman–Crippen MR) is 44.1 cm³/mol. The first-order valence-corrected chi connectivity index (χ1v) is 5.56. The fraction of sp³-hybridized carbons (Fsp3) is 0.222. The first-order chi connectivity index (χ1) is 7.75. The molecular formula is C9H12ClNO6. The summed E-state index contributed by atoms with van der Waals surface area (Å²) in [6.45, 7) is 0. The minimum atomic E-state index is -4.94. The zero-order chi connectivity index (χ0) is 13.5. The fourth-order valence-corrected chi connectivity index (χ4v) is 0.964. The van der Waals surface area contributed by atoms with E-state index in [-0.39, 0.29) is 5.97 Å². The van der Waals surface area contributed by atoms with Crippen molar-refractivity contribution < 1.29 is 44.1 Å². The molecule has 0 spiro atoms. The normalized spacial score (nSPS) is 12.1. The second kappa shape index (κ2) is 7.17. The molecular weight excluding hydrogens is 254 g/mol. The first kappa shape index (κ1) is 15.8. The Morgan fingerprint density at radius 1 is 1.24 bits per heavy atom. The topological polar surface area (TPSA) is 146 Å². The van der Waals surface area contributed by atoms with Gasteiger partial charge in [-0.3, -0.25) is 0 Å². The van der Waals surface area contributed by atoms with Crippen LogP contribution in [0, 0.1) is 10.2 Å². The number of ether oxygens (including phenoxy) is 1. The van der Waals surface area contributed by atoms with Crippen LogP contribution in [0.4, 0.5) is 0 Å². The second-order valence-corrected chi connectivity index (χ2v) is 3.62. The number of hydrogen-bond donors (Lipinski definition) is 1. The highest BCUT2D eigenvalue weighted by atomic mass is 35.7. The quantitative estimate of drug-likeness (QED) is 0.532. The summed E-state index contributed by atoms with van der Waals surface area (Å²) in [4.78, 5) is 11.0. The molecule has 96 valence electrons. The van der Waals surface area contributed by atoms with Crippen LogP contribution in [-0.4, -0.2) is 13.1 Å². The third-order valence-electron chi connectivity index (χ3n) is 1.69. The van der Waals surface area contributed by atoms with Gasteiger partial charge < -0.3 is 10.5 Å². The molecule has 1 atom stereocenters. The highest BCUT2D eigenvalue weighted by Gasteiger charge is 2.18. The summed E-state index contributed by atoms with van der Waals surface area (Å²) in [5, 5.41) is 0. The summed E-state index contributed by atoms with van der Waals surface area (Å²) in [6.07, 6.45) is 0. The van der Waals surface area contributed by atoms with E-state index in [9.17, 15) is 4.79 Å². The van der Waals surface area contributed by atoms with E-state index in [1.165, 1.54) is 7.11 Å². The fourth-order valence-electron chi connectivity index (χ4n) is 0.964. The Morgan fingerprint density at radius 3 is 2.00 bits per heavy atom. The Kier molecular flexibility index (Phi) is 6.66. The van der Waals surface area contributed by atoms with Crippen molar-refractivity contribution in [3.8, 4) is 0 Å². The van der Waals surface area contributed by atoms with E-state index in [1.54, 1.807) is 0 Å². The minimum Gasteiger partial charge on any atom is -0.464 e. The molecule has 0 heterocycles. The Balaban J connectivity index is 0.000000437. The molecule has 0 aliphatic heterocycles. The molecule has 1 aromatic carbocycles. The van der Waals surface area contributed by atoms with Crippen molar-refractivity contribution in [2.45, 2.75) is 6.04 Å². The number of hydrogen-bond acceptors (Lipinski definition) is 6. The third kappa shape index (κ3) is 8.57. The Hall–Kier alpha value is -1.22. The van der Waals surface area contributed by atoms with Gasteiger partial charge in [-0.15, -0.1) is 10.2 Å². The zero-order valence-electron chi connectivity index (χ0n) is 9.00. The highest BCUT2D eigenvalue weighted by Crippen LogP contribution is 2.08. The molecule has 0 radical (unpaired) electrons. The Bertz CT molecular complexity index is 333. The molecule has 0 saturated carbocycles. The molecule has 17 heavy (non-hydrogen) atoms. The first-order valence-electron chi connectivity index (χ1n) is 4.33. The van der Waals surface area contributed by atoms with Gasteiger partial charge in [0.1, 0.15) is 0 Å². The number of methoxy groups -OCH3 is 1. The van der Waals surface area contributed by atoms with Crippen molar-refractivity contribution in [3.63, 3.8) is 0 Å². The number of carbonyl (C=O) groups is 1. The van der Waals surface area contributed by atoms with Gasteiger partial charge in [-0.05, 0) is 0 Å². The lowest BCUT2D eigenvalue weighted by Crippen LogP contribution is -2.68. The highest BCUT2D eigenvalue weighted by molar-refractivity contribution is 5.75. The van der Waals surface area contributed by atoms with Crippen LogP contribution in [0.1, 0.15) is 11.6 Å². The molecule has 0 aliphatic carbocycles. The maximum atomic E-state index is 11.0. The number of rotatable bonds is 2. The van der Waals surface area contributed by atoms with Crippen LogP contribution in [-0.2, 0) is 9.53 Å². The van der Waals surface area contributed by atoms with Crippen molar-refractivity contribution in [1.82, 2.24) is 0 Å². The van der Waals surface area contributed by atoms with Crippen LogP contribution in [0.15, 0.2) is 30.3 Å². The number of carbonyl (C=O) groups excluding carboxylic acids is 1. The molecule has 0 bridgehead atoms. The van der Waals surface area contributed by atoms with Crippen molar-refractivity contribution in [1.29, 1.82) is 0 Å². The van der Waals surface area contributed by atoms with Crippen molar-refractivity contribution in [3.05, 3.63) is 35.9 Å². The monoisotopic (exact) mass is 265 g/mol. The number of esters is 1. The van der Waals surface area contributed by atoms with Crippen LogP contribution >= 0.6 is 0 Å². The summed E-state index contributed by atoms with van der Waals surface area (Å²) in [5.41, 5.74) is 4.58. The van der Waals surface area contributed by atoms with E-state index in [2.05, 4.69) is 10.5 Å². The van der Waals surface area contributed by atoms with Crippen molar-refractivity contribution >= 4 is 5.97 Å². The number of halogens is 1. The van der Waals surface area contributed by atoms with E-state index in [4.69, 9.17) is 18.6 Å². The van der Waals surface area contributed by atoms with E-state index in [0.29, 0.717) is 0 Å². The van der Waals surface area contributed by atoms with Crippen molar-refractivity contribution in [2.24, 2.45) is 0 Å². The van der Waals surface area contributed by atoms with Gasteiger partial charge in [0.25, 0.3) is 0 Å². The third-order valence-corrected chi connectivity index (χ3v) is 1.69. The summed E-state index contributed by atoms with van der Waals surface area (Å²) < 4.78 is 38.5. The van der Waals surface area contributed by atoms with Gasteiger partial charge in [-0.2, -0.15) is 0 Å². The van der Waals surface area contributed by atoms with Gasteiger partial charge >= 0.3 is 5.97 Å². The molecule has 0 saturated heterocycles. The lowest BCUT2D eigenvalue weighted by molar-refractivity contribution is -2.00. The molecule has 0 fully saturated rings. The molecule has 1 aromatic rings. The van der Waals surface area contributed by atoms with Crippen LogP contribution < -0.4 is 24.4 Å². The van der Waals surface area contributed by atoms with E-state index >= 15 is 0 Å². The molecule has 3 N–H and O–H groups in total. The van der Waals surface area contributed by atoms with Gasteiger partial charge in [0.05, 0.1) is 7.11 Å². The van der Waals surface area contributed by atoms with E-state index in [1.807, 2.05) is 30.3 Å². The molecule has 8 heteroatoms. The molecule has 0 aromatic heterocycles. The lowest BCUT2D eigenvalue weighted by atomic mass is 10.1. The second-order valence-electron chi connectivity index (χ2n) is 2.86. The van der Waals surface area contributed by atoms with E-state index < -0.39 is 16.3 Å². The maximum absolute atomic E-state index is 11.0. The maximum Gasteiger partial charge on any atom is 0.369 e. The molecule has 1 rings (SSSR count). The lowest BCUT2D eigenvalue weighted by Gasteiger charge is -2.17. The summed E-state index contributed by atoms with van der Waals surface area (Å²) in [7, 11) is -3.58. The standard InChI is InChI=1S/C9H11NO2.ClHO4/c1-12-9(11)8(10)7-5-3-2-4-6-7;2-1(3,4)5/h2-6,8H,10H2,1H3;(H,2,3,4,5). The number of benzene rings is 1. The smallest absolute Gasteiger partial charge is 0.369 e. The Morgan fingerprint density at radius 2 is 1.65 bits per heavy atom. The van der Waals surface area contributed by atoms with Crippen LogP contribution in [0.2, 0.25) is 0 Å². The van der Waals surface area contributed by atoms with Crippen LogP contribution in [0.3, 0.4) is 0 Å². The van der Waals surface area contributed by atoms with Gasteiger partial charge in [-0.25, -0.2) is 23.4 Å². The van der Waals surface area contributed by atoms with Crippen molar-refractivity contribution in [2.75, 3.05) is 7.11 Å². The molecule has 0 aliphatic rings. The minimum absolute atomic E-state index is 0.304. The SMILES string of the molecule is COC(=O)C([NH3+])c1ccccc1.[O-][Cl+3]([O-])([O-])[O-]. The van der Waals surface area contributed by atoms with Gasteiger partial charge in [0, 0.05) is 5.56 Å². The molecule has 7 nitrogen and oxygen atoms in total. The van der Waals surface area contributed by atoms with Gasteiger partial charge in [0.2, 0.25) is 6.04 Å². The average molecular weight is 266 g/mol. The predicted octanol–water partition coefficient (Wildman–Crippen LogP) is -4.61. The average Bonchev–Trinajstić information content (AvgIpc) is 2.26.